The molecule has 0 spiro atoms. The van der Waals surface area contributed by atoms with Crippen molar-refractivity contribution in [2.45, 2.75) is 19.8 Å². The third-order valence-corrected chi connectivity index (χ3v) is 2.33. The first-order valence-corrected chi connectivity index (χ1v) is 5.67. The highest BCUT2D eigenvalue weighted by molar-refractivity contribution is 6.36. The molecule has 0 aliphatic carbocycles. The first kappa shape index (κ1) is 14.2. The van der Waals surface area contributed by atoms with E-state index in [0.717, 1.165) is 6.42 Å². The van der Waals surface area contributed by atoms with E-state index in [0.29, 0.717) is 6.42 Å². The van der Waals surface area contributed by atoms with Gasteiger partial charge in [-0.2, -0.15) is 0 Å². The predicted octanol–water partition coefficient (Wildman–Crippen LogP) is 2.35. The first-order valence-electron chi connectivity index (χ1n) is 5.67. The van der Waals surface area contributed by atoms with Crippen molar-refractivity contribution < 1.29 is 19.1 Å². The summed E-state index contributed by atoms with van der Waals surface area (Å²) in [5.41, 5.74) is 1.77. The van der Waals surface area contributed by atoms with Crippen LogP contribution < -0.4 is 0 Å². The van der Waals surface area contributed by atoms with E-state index >= 15 is 0 Å². The minimum absolute atomic E-state index is 0.269. The van der Waals surface area contributed by atoms with Gasteiger partial charge in [-0.15, -0.1) is 0 Å². The largest absolute Gasteiger partial charge is 0.477 e. The SMILES string of the molecule is Cc1cccc(CCCON=C(CF)C(=O)O)c1. The number of hydrogen-bond donors (Lipinski definition) is 1. The molecule has 0 aliphatic rings. The Balaban J connectivity index is 2.29. The van der Waals surface area contributed by atoms with Gasteiger partial charge in [-0.3, -0.25) is 0 Å². The molecule has 0 atom stereocenters. The van der Waals surface area contributed by atoms with Gasteiger partial charge in [-0.1, -0.05) is 35.0 Å². The molecule has 5 heteroatoms. The van der Waals surface area contributed by atoms with Crippen LogP contribution in [0.4, 0.5) is 4.39 Å². The molecule has 1 N–H and O–H groups in total. The summed E-state index contributed by atoms with van der Waals surface area (Å²) in [6, 6.07) is 8.09. The van der Waals surface area contributed by atoms with Crippen molar-refractivity contribution in [1.29, 1.82) is 0 Å². The summed E-state index contributed by atoms with van der Waals surface area (Å²) >= 11 is 0. The molecule has 0 saturated heterocycles. The average molecular weight is 253 g/mol. The lowest BCUT2D eigenvalue weighted by Gasteiger charge is -2.02. The Bertz CT molecular complexity index is 432. The summed E-state index contributed by atoms with van der Waals surface area (Å²) in [7, 11) is 0. The van der Waals surface area contributed by atoms with Crippen molar-refractivity contribution in [3.63, 3.8) is 0 Å². The summed E-state index contributed by atoms with van der Waals surface area (Å²) in [4.78, 5) is 15.2. The van der Waals surface area contributed by atoms with Crippen molar-refractivity contribution in [2.24, 2.45) is 5.16 Å². The third-order valence-electron chi connectivity index (χ3n) is 2.33. The second-order valence-corrected chi connectivity index (χ2v) is 3.90. The molecule has 1 aromatic carbocycles. The highest BCUT2D eigenvalue weighted by Crippen LogP contribution is 2.06. The van der Waals surface area contributed by atoms with Gasteiger partial charge in [-0.25, -0.2) is 9.18 Å². The van der Waals surface area contributed by atoms with Gasteiger partial charge in [0.25, 0.3) is 0 Å². The lowest BCUT2D eigenvalue weighted by Crippen LogP contribution is -2.15. The monoisotopic (exact) mass is 253 g/mol. The number of hydrogen-bond acceptors (Lipinski definition) is 3. The van der Waals surface area contributed by atoms with E-state index in [1.165, 1.54) is 11.1 Å². The zero-order valence-electron chi connectivity index (χ0n) is 10.2. The van der Waals surface area contributed by atoms with E-state index in [9.17, 15) is 9.18 Å². The maximum Gasteiger partial charge on any atom is 0.356 e. The van der Waals surface area contributed by atoms with Gasteiger partial charge >= 0.3 is 5.97 Å². The van der Waals surface area contributed by atoms with E-state index in [4.69, 9.17) is 9.94 Å². The van der Waals surface area contributed by atoms with E-state index in [1.54, 1.807) is 0 Å². The van der Waals surface area contributed by atoms with Gasteiger partial charge in [-0.05, 0) is 25.3 Å². The number of rotatable bonds is 7. The van der Waals surface area contributed by atoms with Crippen LogP contribution in [-0.2, 0) is 16.1 Å². The summed E-state index contributed by atoms with van der Waals surface area (Å²) < 4.78 is 12.1. The minimum Gasteiger partial charge on any atom is -0.477 e. The molecule has 0 aliphatic heterocycles. The van der Waals surface area contributed by atoms with Crippen molar-refractivity contribution in [1.82, 2.24) is 0 Å². The number of aryl methyl sites for hydroxylation is 2. The van der Waals surface area contributed by atoms with Gasteiger partial charge in [0.1, 0.15) is 13.3 Å². The van der Waals surface area contributed by atoms with Gasteiger partial charge < -0.3 is 9.94 Å². The molecule has 0 radical (unpaired) electrons. The van der Waals surface area contributed by atoms with Crippen molar-refractivity contribution in [2.75, 3.05) is 13.3 Å². The molecule has 1 rings (SSSR count). The van der Waals surface area contributed by atoms with Crippen LogP contribution in [0.5, 0.6) is 0 Å². The number of halogens is 1. The quantitative estimate of drug-likeness (QED) is 0.461. The van der Waals surface area contributed by atoms with Crippen LogP contribution in [0.25, 0.3) is 0 Å². The first-order chi connectivity index (χ1) is 8.63. The van der Waals surface area contributed by atoms with Crippen molar-refractivity contribution >= 4 is 11.7 Å². The zero-order valence-corrected chi connectivity index (χ0v) is 10.2. The van der Waals surface area contributed by atoms with Crippen LogP contribution in [0.3, 0.4) is 0 Å². The number of alkyl halides is 1. The Morgan fingerprint density at radius 1 is 1.50 bits per heavy atom. The number of carboxylic acid groups (broad SMARTS) is 1. The Morgan fingerprint density at radius 3 is 2.89 bits per heavy atom. The lowest BCUT2D eigenvalue weighted by atomic mass is 10.1. The topological polar surface area (TPSA) is 58.9 Å². The second kappa shape index (κ2) is 7.42. The van der Waals surface area contributed by atoms with Crippen LogP contribution in [0.15, 0.2) is 29.4 Å². The molecule has 0 bridgehead atoms. The molecule has 98 valence electrons. The normalized spacial score (nSPS) is 11.3. The zero-order chi connectivity index (χ0) is 13.4. The lowest BCUT2D eigenvalue weighted by molar-refractivity contribution is -0.129. The fourth-order valence-corrected chi connectivity index (χ4v) is 1.45. The Hall–Kier alpha value is -1.91. The fraction of sp³-hybridized carbons (Fsp3) is 0.385. The molecule has 4 nitrogen and oxygen atoms in total. The van der Waals surface area contributed by atoms with Crippen molar-refractivity contribution in [3.05, 3.63) is 35.4 Å². The third kappa shape index (κ3) is 4.95. The highest BCUT2D eigenvalue weighted by atomic mass is 19.1. The van der Waals surface area contributed by atoms with Crippen LogP contribution in [0, 0.1) is 6.92 Å². The number of carboxylic acids is 1. The molecule has 0 saturated carbocycles. The van der Waals surface area contributed by atoms with Crippen molar-refractivity contribution in [3.8, 4) is 0 Å². The summed E-state index contributed by atoms with van der Waals surface area (Å²) in [5, 5.41) is 11.7. The van der Waals surface area contributed by atoms with Gasteiger partial charge in [0, 0.05) is 0 Å². The number of oxime groups is 1. The predicted molar refractivity (Wildman–Crippen MR) is 66.5 cm³/mol. The van der Waals surface area contributed by atoms with Gasteiger partial charge in [0.15, 0.2) is 5.71 Å². The molecule has 0 fully saturated rings. The highest BCUT2D eigenvalue weighted by Gasteiger charge is 2.08. The van der Waals surface area contributed by atoms with E-state index < -0.39 is 18.4 Å². The Morgan fingerprint density at radius 2 is 2.28 bits per heavy atom. The smallest absolute Gasteiger partial charge is 0.356 e. The van der Waals surface area contributed by atoms with Crippen LogP contribution in [0.1, 0.15) is 17.5 Å². The number of benzene rings is 1. The maximum atomic E-state index is 12.1. The summed E-state index contributed by atoms with van der Waals surface area (Å²) in [5.74, 6) is -1.39. The Labute approximate surface area is 105 Å². The van der Waals surface area contributed by atoms with Gasteiger partial charge in [0.05, 0.1) is 0 Å². The number of nitrogens with zero attached hydrogens (tertiary/aromatic N) is 1. The molecule has 0 heterocycles. The molecule has 0 amide bonds. The molecule has 0 unspecified atom stereocenters. The number of carbonyl (C=O) groups is 1. The van der Waals surface area contributed by atoms with Crippen LogP contribution in [-0.4, -0.2) is 30.1 Å². The molecular formula is C13H16FNO3. The van der Waals surface area contributed by atoms with E-state index in [1.807, 2.05) is 25.1 Å². The van der Waals surface area contributed by atoms with Gasteiger partial charge in [0.2, 0.25) is 0 Å². The molecular weight excluding hydrogens is 237 g/mol. The standard InChI is InChI=1S/C13H16FNO3/c1-10-4-2-5-11(8-10)6-3-7-18-15-12(9-14)13(16)17/h2,4-5,8H,3,6-7,9H2,1H3,(H,16,17). The summed E-state index contributed by atoms with van der Waals surface area (Å²) in [6.45, 7) is 1.16. The molecule has 0 aromatic heterocycles. The van der Waals surface area contributed by atoms with Crippen LogP contribution in [0.2, 0.25) is 0 Å². The Kier molecular flexibility index (Phi) is 5.84. The maximum absolute atomic E-state index is 12.1. The molecule has 18 heavy (non-hydrogen) atoms. The van der Waals surface area contributed by atoms with E-state index in [2.05, 4.69) is 11.2 Å². The number of aliphatic carboxylic acids is 1. The average Bonchev–Trinajstić information content (AvgIpc) is 2.33. The minimum atomic E-state index is -1.39. The van der Waals surface area contributed by atoms with E-state index in [-0.39, 0.29) is 6.61 Å². The fourth-order valence-electron chi connectivity index (χ4n) is 1.45. The molecule has 1 aromatic rings. The second-order valence-electron chi connectivity index (χ2n) is 3.90. The summed E-state index contributed by atoms with van der Waals surface area (Å²) in [6.07, 6.45) is 1.52. The van der Waals surface area contributed by atoms with Crippen LogP contribution >= 0.6 is 0 Å².